The lowest BCUT2D eigenvalue weighted by Crippen LogP contribution is -2.81. The molecular formula is C52H72N6O9. The van der Waals surface area contributed by atoms with Gasteiger partial charge in [-0.1, -0.05) is 65.0 Å². The van der Waals surface area contributed by atoms with Gasteiger partial charge in [0.15, 0.2) is 5.60 Å². The van der Waals surface area contributed by atoms with Crippen LogP contribution in [0.15, 0.2) is 48.6 Å². The number of aromatic amines is 1. The second-order valence-corrected chi connectivity index (χ2v) is 21.7. The summed E-state index contributed by atoms with van der Waals surface area (Å²) in [5.74, 6) is -1.36. The third-order valence-corrected chi connectivity index (χ3v) is 17.2. The van der Waals surface area contributed by atoms with Crippen LogP contribution in [0.1, 0.15) is 95.5 Å². The quantitative estimate of drug-likeness (QED) is 0.0926. The van der Waals surface area contributed by atoms with Crippen LogP contribution in [0.5, 0.6) is 5.75 Å². The minimum absolute atomic E-state index is 0.0144. The number of H-pyrrole nitrogens is 1. The molecule has 11 atom stereocenters. The maximum atomic E-state index is 15.4. The number of fused-ring (bicyclic) bond motifs is 6. The summed E-state index contributed by atoms with van der Waals surface area (Å²) in [4.78, 5) is 53.6. The van der Waals surface area contributed by atoms with E-state index in [1.165, 1.54) is 7.11 Å². The van der Waals surface area contributed by atoms with E-state index < -0.39 is 68.9 Å². The van der Waals surface area contributed by atoms with Crippen LogP contribution < -0.4 is 20.7 Å². The van der Waals surface area contributed by atoms with E-state index in [1.807, 2.05) is 83.0 Å². The van der Waals surface area contributed by atoms with Gasteiger partial charge in [-0.15, -0.1) is 0 Å². The van der Waals surface area contributed by atoms with Gasteiger partial charge in [0.25, 0.3) is 5.91 Å². The average Bonchev–Trinajstić information content (AvgIpc) is 3.97. The summed E-state index contributed by atoms with van der Waals surface area (Å²) in [6.07, 6.45) is 5.84. The van der Waals surface area contributed by atoms with Crippen molar-refractivity contribution in [1.29, 1.82) is 0 Å². The first-order valence-corrected chi connectivity index (χ1v) is 24.4. The molecule has 1 aromatic heterocycles. The zero-order valence-corrected chi connectivity index (χ0v) is 40.6. The standard InChI is InChI=1S/C52H72N6O9/c1-9-48(63)27-31-28-51(46(62)66-8,40-33(17-22-57(29-31)30-48)32-15-11-12-16-36(32)55-40)35-25-34-37(26-38(35)65-7)56(6)43-50(34)19-23-58-21-13-18-49(10-2,42(50)58)44(60)52(43,64)45(61)54-20-14-24-67-41(59)39(53)47(3,4)5/h11-13,15-16,18,25-26,31,39,42-44,55,60,63-64H,9-10,14,17,19-24,27-30,53H2,1-8H3,(H,54,61). The molecule has 2 saturated heterocycles. The van der Waals surface area contributed by atoms with Gasteiger partial charge < -0.3 is 50.5 Å². The van der Waals surface area contributed by atoms with Crippen LogP contribution in [-0.2, 0) is 41.1 Å². The first-order chi connectivity index (χ1) is 31.8. The SMILES string of the molecule is CCC1(O)CC2CN(CCc3c([nH]c4ccccc34)C(C(=O)OC)(c3cc4c(cc3OC)N(C)C3C(O)(C(=O)NCCCOC(=O)C(N)C(C)(C)C)C(O)C5(CC)C=CCN6CCC43C65)C2)C1. The molecule has 9 rings (SSSR count). The first-order valence-electron chi connectivity index (χ1n) is 24.4. The molecule has 11 unspecified atom stereocenters. The van der Waals surface area contributed by atoms with Gasteiger partial charge in [-0.2, -0.15) is 0 Å². The van der Waals surface area contributed by atoms with Crippen LogP contribution in [0.3, 0.4) is 0 Å². The van der Waals surface area contributed by atoms with Crippen LogP contribution in [0, 0.1) is 16.7 Å². The Balaban J connectivity index is 1.21. The molecule has 6 heterocycles. The third kappa shape index (κ3) is 6.91. The number of aliphatic hydroxyl groups is 3. The fraction of sp³-hybridized carbons (Fsp3) is 0.635. The largest absolute Gasteiger partial charge is 0.496 e. The topological polar surface area (TPSA) is 203 Å². The summed E-state index contributed by atoms with van der Waals surface area (Å²) in [5.41, 5.74) is 3.81. The molecular weight excluding hydrogens is 853 g/mol. The van der Waals surface area contributed by atoms with Crippen LogP contribution >= 0.6 is 0 Å². The lowest BCUT2D eigenvalue weighted by atomic mass is 9.47. The van der Waals surface area contributed by atoms with Crippen LogP contribution in [0.4, 0.5) is 5.69 Å². The highest BCUT2D eigenvalue weighted by Crippen LogP contribution is 2.67. The summed E-state index contributed by atoms with van der Waals surface area (Å²) < 4.78 is 17.9. The minimum Gasteiger partial charge on any atom is -0.496 e. The molecule has 0 radical (unpaired) electrons. The summed E-state index contributed by atoms with van der Waals surface area (Å²) in [6.45, 7) is 12.9. The van der Waals surface area contributed by atoms with Gasteiger partial charge in [0, 0.05) is 90.6 Å². The molecule has 15 heteroatoms. The zero-order chi connectivity index (χ0) is 48.1. The van der Waals surface area contributed by atoms with E-state index in [-0.39, 0.29) is 31.5 Å². The number of esters is 2. The number of aliphatic hydroxyl groups excluding tert-OH is 1. The van der Waals surface area contributed by atoms with Gasteiger partial charge in [-0.3, -0.25) is 24.2 Å². The zero-order valence-electron chi connectivity index (χ0n) is 40.6. The Kier molecular flexibility index (Phi) is 12.0. The number of carbonyl (C=O) groups is 3. The number of para-hydroxylation sites is 1. The maximum Gasteiger partial charge on any atom is 0.323 e. The fourth-order valence-electron chi connectivity index (χ4n) is 14.1. The Bertz CT molecular complexity index is 2470. The van der Waals surface area contributed by atoms with Crippen molar-refractivity contribution in [2.45, 2.75) is 126 Å². The maximum absolute atomic E-state index is 15.4. The van der Waals surface area contributed by atoms with Crippen molar-refractivity contribution in [3.05, 3.63) is 70.9 Å². The van der Waals surface area contributed by atoms with Crippen LogP contribution in [-0.4, -0.2) is 151 Å². The van der Waals surface area contributed by atoms with Gasteiger partial charge in [0.2, 0.25) is 0 Å². The number of benzene rings is 2. The van der Waals surface area contributed by atoms with E-state index >= 15 is 9.59 Å². The molecule has 2 aromatic carbocycles. The molecule has 1 saturated carbocycles. The molecule has 15 nitrogen and oxygen atoms in total. The number of nitrogens with one attached hydrogen (secondary N) is 2. The highest BCUT2D eigenvalue weighted by Gasteiger charge is 2.78. The van der Waals surface area contributed by atoms with Gasteiger partial charge in [-0.05, 0) is 86.1 Å². The number of likely N-dealkylation sites (N-methyl/N-ethyl adjacent to an activating group) is 1. The van der Waals surface area contributed by atoms with Crippen molar-refractivity contribution in [3.63, 3.8) is 0 Å². The second kappa shape index (κ2) is 16.9. The normalized spacial score (nSPS) is 34.7. The lowest BCUT2D eigenvalue weighted by Gasteiger charge is -2.63. The van der Waals surface area contributed by atoms with Crippen LogP contribution in [0.25, 0.3) is 10.9 Å². The third-order valence-electron chi connectivity index (χ3n) is 17.2. The Morgan fingerprint density at radius 1 is 1.03 bits per heavy atom. The van der Waals surface area contributed by atoms with Crippen molar-refractivity contribution in [2.24, 2.45) is 22.5 Å². The summed E-state index contributed by atoms with van der Waals surface area (Å²) in [5, 5.41) is 42.4. The number of ether oxygens (including phenoxy) is 3. The smallest absolute Gasteiger partial charge is 0.323 e. The number of rotatable bonds is 11. The van der Waals surface area contributed by atoms with Crippen molar-refractivity contribution in [2.75, 3.05) is 72.0 Å². The second-order valence-electron chi connectivity index (χ2n) is 21.7. The van der Waals surface area contributed by atoms with Crippen molar-refractivity contribution in [1.82, 2.24) is 20.1 Å². The Hall–Kier alpha value is -4.51. The number of anilines is 1. The summed E-state index contributed by atoms with van der Waals surface area (Å²) in [6, 6.07) is 10.1. The van der Waals surface area contributed by atoms with Crippen molar-refractivity contribution >= 4 is 34.4 Å². The molecule has 1 spiro atoms. The Labute approximate surface area is 394 Å². The molecule has 1 aliphatic carbocycles. The number of aromatic nitrogens is 1. The Morgan fingerprint density at radius 2 is 1.79 bits per heavy atom. The molecule has 7 N–H and O–H groups in total. The van der Waals surface area contributed by atoms with Gasteiger partial charge in [0.1, 0.15) is 23.3 Å². The number of nitrogens with two attached hydrogens (primary N) is 1. The lowest BCUT2D eigenvalue weighted by molar-refractivity contribution is -0.203. The van der Waals surface area contributed by atoms with E-state index in [4.69, 9.17) is 19.9 Å². The average molecular weight is 925 g/mol. The van der Waals surface area contributed by atoms with Gasteiger partial charge in [-0.25, -0.2) is 0 Å². The first kappa shape index (κ1) is 47.6. The molecule has 2 bridgehead atoms. The molecule has 1 amide bonds. The van der Waals surface area contributed by atoms with Crippen molar-refractivity contribution in [3.8, 4) is 5.75 Å². The minimum atomic E-state index is -2.34. The van der Waals surface area contributed by atoms with E-state index in [0.29, 0.717) is 82.6 Å². The summed E-state index contributed by atoms with van der Waals surface area (Å²) in [7, 11) is 4.90. The summed E-state index contributed by atoms with van der Waals surface area (Å²) >= 11 is 0. The van der Waals surface area contributed by atoms with Gasteiger partial charge in [0.05, 0.1) is 32.5 Å². The number of amides is 1. The molecule has 5 aliphatic heterocycles. The number of methoxy groups -OCH3 is 2. The monoisotopic (exact) mass is 925 g/mol. The van der Waals surface area contributed by atoms with Gasteiger partial charge >= 0.3 is 11.9 Å². The molecule has 364 valence electrons. The number of nitrogens with zero attached hydrogens (tertiary/aromatic N) is 3. The Morgan fingerprint density at radius 3 is 2.49 bits per heavy atom. The number of hydrogen-bond acceptors (Lipinski definition) is 13. The highest BCUT2D eigenvalue weighted by molar-refractivity contribution is 5.95. The van der Waals surface area contributed by atoms with E-state index in [9.17, 15) is 20.1 Å². The van der Waals surface area contributed by atoms with Crippen LogP contribution in [0.2, 0.25) is 0 Å². The molecule has 6 aliphatic rings. The number of piperidine rings is 1. The molecule has 67 heavy (non-hydrogen) atoms. The van der Waals surface area contributed by atoms with Crippen molar-refractivity contribution < 1.29 is 43.9 Å². The molecule has 3 aromatic rings. The highest BCUT2D eigenvalue weighted by atomic mass is 16.5. The number of hydrogen-bond donors (Lipinski definition) is 6. The van der Waals surface area contributed by atoms with E-state index in [2.05, 4.69) is 32.2 Å². The number of carbonyl (C=O) groups excluding carboxylic acids is 3. The fourth-order valence-corrected chi connectivity index (χ4v) is 14.1. The predicted octanol–water partition coefficient (Wildman–Crippen LogP) is 3.67. The molecule has 3 fully saturated rings. The van der Waals surface area contributed by atoms with E-state index in [0.717, 1.165) is 33.4 Å². The predicted molar refractivity (Wildman–Crippen MR) is 255 cm³/mol. The van der Waals surface area contributed by atoms with E-state index in [1.54, 1.807) is 7.11 Å².